The molecule has 1 N–H and O–H groups in total. The second-order valence-electron chi connectivity index (χ2n) is 4.72. The minimum Gasteiger partial charge on any atom is -0.389 e. The molecular formula is C11H18OS. The quantitative estimate of drug-likeness (QED) is 0.688. The fourth-order valence-electron chi connectivity index (χ4n) is 2.72. The van der Waals surface area contributed by atoms with E-state index in [0.717, 1.165) is 35.3 Å². The van der Waals surface area contributed by atoms with Crippen LogP contribution in [0.15, 0.2) is 12.2 Å². The van der Waals surface area contributed by atoms with Crippen molar-refractivity contribution in [3.8, 4) is 0 Å². The third kappa shape index (κ3) is 2.10. The Morgan fingerprint density at radius 3 is 2.46 bits per heavy atom. The lowest BCUT2D eigenvalue weighted by molar-refractivity contribution is 0.0244. The van der Waals surface area contributed by atoms with Gasteiger partial charge in [0, 0.05) is 10.5 Å². The van der Waals surface area contributed by atoms with Crippen LogP contribution in [0.4, 0.5) is 0 Å². The van der Waals surface area contributed by atoms with Gasteiger partial charge >= 0.3 is 0 Å². The maximum Gasteiger partial charge on any atom is 0.0705 e. The third-order valence-electron chi connectivity index (χ3n) is 3.04. The Hall–Kier alpha value is 0.0500. The Bertz CT molecular complexity index is 212. The van der Waals surface area contributed by atoms with Crippen LogP contribution >= 0.6 is 11.8 Å². The summed E-state index contributed by atoms with van der Waals surface area (Å²) in [5, 5.41) is 11.8. The van der Waals surface area contributed by atoms with E-state index >= 15 is 0 Å². The summed E-state index contributed by atoms with van der Waals surface area (Å²) in [4.78, 5) is 0. The Kier molecular flexibility index (Phi) is 2.45. The lowest BCUT2D eigenvalue weighted by Gasteiger charge is -2.36. The highest BCUT2D eigenvalue weighted by molar-refractivity contribution is 8.00. The van der Waals surface area contributed by atoms with Gasteiger partial charge in [0.05, 0.1) is 5.60 Å². The lowest BCUT2D eigenvalue weighted by atomic mass is 9.87. The molecule has 0 aromatic rings. The molecular weight excluding hydrogens is 180 g/mol. The van der Waals surface area contributed by atoms with Crippen molar-refractivity contribution in [2.45, 2.75) is 55.1 Å². The van der Waals surface area contributed by atoms with Gasteiger partial charge in [-0.05, 0) is 39.0 Å². The monoisotopic (exact) mass is 198 g/mol. The summed E-state index contributed by atoms with van der Waals surface area (Å²) < 4.78 is 0. The van der Waals surface area contributed by atoms with Gasteiger partial charge in [0.1, 0.15) is 0 Å². The van der Waals surface area contributed by atoms with Gasteiger partial charge in [0.15, 0.2) is 0 Å². The second-order valence-corrected chi connectivity index (χ2v) is 6.33. The van der Waals surface area contributed by atoms with Gasteiger partial charge in [-0.3, -0.25) is 0 Å². The number of hydrogen-bond donors (Lipinski definition) is 1. The molecule has 0 radical (unpaired) electrons. The SMILES string of the molecule is C=C(C)CC1(O)CC2CCC(C1)S2. The van der Waals surface area contributed by atoms with Crippen LogP contribution in [-0.4, -0.2) is 21.2 Å². The van der Waals surface area contributed by atoms with Crippen molar-refractivity contribution in [3.05, 3.63) is 12.2 Å². The molecule has 2 rings (SSSR count). The van der Waals surface area contributed by atoms with E-state index < -0.39 is 5.60 Å². The van der Waals surface area contributed by atoms with E-state index in [-0.39, 0.29) is 0 Å². The molecule has 2 bridgehead atoms. The highest BCUT2D eigenvalue weighted by Crippen LogP contribution is 2.49. The fraction of sp³-hybridized carbons (Fsp3) is 0.818. The molecule has 2 aliphatic rings. The molecule has 2 aliphatic heterocycles. The standard InChI is InChI=1S/C11H18OS/c1-8(2)5-11(12)6-9-3-4-10(7-11)13-9/h9-10,12H,1,3-7H2,2H3. The van der Waals surface area contributed by atoms with Crippen molar-refractivity contribution < 1.29 is 5.11 Å². The Balaban J connectivity index is 2.03. The van der Waals surface area contributed by atoms with Crippen molar-refractivity contribution in [1.29, 1.82) is 0 Å². The molecule has 74 valence electrons. The highest BCUT2D eigenvalue weighted by atomic mass is 32.2. The predicted octanol–water partition coefficient (Wildman–Crippen LogP) is 2.74. The molecule has 13 heavy (non-hydrogen) atoms. The van der Waals surface area contributed by atoms with Gasteiger partial charge in [-0.25, -0.2) is 0 Å². The molecule has 2 saturated heterocycles. The maximum absolute atomic E-state index is 10.3. The zero-order chi connectivity index (χ0) is 9.47. The van der Waals surface area contributed by atoms with Crippen LogP contribution in [0.3, 0.4) is 0 Å². The Morgan fingerprint density at radius 1 is 1.46 bits per heavy atom. The van der Waals surface area contributed by atoms with E-state index in [2.05, 4.69) is 18.3 Å². The van der Waals surface area contributed by atoms with E-state index in [1.165, 1.54) is 12.8 Å². The summed E-state index contributed by atoms with van der Waals surface area (Å²) in [5.74, 6) is 0. The molecule has 1 nitrogen and oxygen atoms in total. The van der Waals surface area contributed by atoms with Gasteiger partial charge in [-0.2, -0.15) is 11.8 Å². The van der Waals surface area contributed by atoms with Crippen molar-refractivity contribution in [2.24, 2.45) is 0 Å². The van der Waals surface area contributed by atoms with Gasteiger partial charge in [-0.15, -0.1) is 6.58 Å². The molecule has 0 spiro atoms. The summed E-state index contributed by atoms with van der Waals surface area (Å²) in [6, 6.07) is 0. The third-order valence-corrected chi connectivity index (χ3v) is 4.62. The van der Waals surface area contributed by atoms with Crippen LogP contribution in [0.1, 0.15) is 39.0 Å². The fourth-order valence-corrected chi connectivity index (χ4v) is 4.62. The van der Waals surface area contributed by atoms with Crippen molar-refractivity contribution >= 4 is 11.8 Å². The van der Waals surface area contributed by atoms with E-state index in [4.69, 9.17) is 0 Å². The van der Waals surface area contributed by atoms with Crippen LogP contribution in [0.25, 0.3) is 0 Å². The first-order chi connectivity index (χ1) is 6.07. The molecule has 0 aromatic carbocycles. The van der Waals surface area contributed by atoms with E-state index in [9.17, 15) is 5.11 Å². The molecule has 0 amide bonds. The molecule has 2 atom stereocenters. The van der Waals surface area contributed by atoms with Gasteiger partial charge < -0.3 is 5.11 Å². The predicted molar refractivity (Wildman–Crippen MR) is 58.0 cm³/mol. The normalized spacial score (nSPS) is 43.5. The summed E-state index contributed by atoms with van der Waals surface area (Å²) in [6.45, 7) is 5.91. The summed E-state index contributed by atoms with van der Waals surface area (Å²) in [7, 11) is 0. The zero-order valence-electron chi connectivity index (χ0n) is 8.25. The van der Waals surface area contributed by atoms with Crippen LogP contribution in [0, 0.1) is 0 Å². The van der Waals surface area contributed by atoms with Crippen molar-refractivity contribution in [2.75, 3.05) is 0 Å². The number of fused-ring (bicyclic) bond motifs is 2. The number of aliphatic hydroxyl groups is 1. The van der Waals surface area contributed by atoms with E-state index in [1.54, 1.807) is 0 Å². The molecule has 2 heterocycles. The van der Waals surface area contributed by atoms with E-state index in [0.29, 0.717) is 0 Å². The minimum atomic E-state index is -0.414. The molecule has 2 unspecified atom stereocenters. The average Bonchev–Trinajstić information content (AvgIpc) is 2.27. The van der Waals surface area contributed by atoms with Crippen molar-refractivity contribution in [3.63, 3.8) is 0 Å². The lowest BCUT2D eigenvalue weighted by Crippen LogP contribution is -2.37. The smallest absolute Gasteiger partial charge is 0.0705 e. The van der Waals surface area contributed by atoms with Crippen LogP contribution in [-0.2, 0) is 0 Å². The molecule has 0 saturated carbocycles. The highest BCUT2D eigenvalue weighted by Gasteiger charge is 2.42. The summed E-state index contributed by atoms with van der Waals surface area (Å²) in [5.41, 5.74) is 0.705. The van der Waals surface area contributed by atoms with Crippen LogP contribution in [0.2, 0.25) is 0 Å². The number of rotatable bonds is 2. The molecule has 2 fully saturated rings. The van der Waals surface area contributed by atoms with Crippen LogP contribution in [0.5, 0.6) is 0 Å². The first kappa shape index (κ1) is 9.60. The zero-order valence-corrected chi connectivity index (χ0v) is 9.07. The summed E-state index contributed by atoms with van der Waals surface area (Å²) >= 11 is 2.09. The molecule has 0 aliphatic carbocycles. The molecule has 0 aromatic heterocycles. The number of thioether (sulfide) groups is 1. The maximum atomic E-state index is 10.3. The molecule has 2 heteroatoms. The second kappa shape index (κ2) is 3.32. The Morgan fingerprint density at radius 2 is 2.00 bits per heavy atom. The van der Waals surface area contributed by atoms with Gasteiger partial charge in [0.25, 0.3) is 0 Å². The van der Waals surface area contributed by atoms with Crippen molar-refractivity contribution in [1.82, 2.24) is 0 Å². The average molecular weight is 198 g/mol. The summed E-state index contributed by atoms with van der Waals surface area (Å²) in [6.07, 6.45) is 5.41. The largest absolute Gasteiger partial charge is 0.389 e. The first-order valence-corrected chi connectivity index (χ1v) is 6.04. The Labute approximate surface area is 84.6 Å². The number of hydrogen-bond acceptors (Lipinski definition) is 2. The van der Waals surface area contributed by atoms with Gasteiger partial charge in [-0.1, -0.05) is 5.57 Å². The van der Waals surface area contributed by atoms with E-state index in [1.807, 2.05) is 6.92 Å². The minimum absolute atomic E-state index is 0.414. The first-order valence-electron chi connectivity index (χ1n) is 5.10. The van der Waals surface area contributed by atoms with Crippen LogP contribution < -0.4 is 0 Å². The van der Waals surface area contributed by atoms with Gasteiger partial charge in [0.2, 0.25) is 0 Å². The topological polar surface area (TPSA) is 20.2 Å².